The fourth-order valence-corrected chi connectivity index (χ4v) is 4.52. The van der Waals surface area contributed by atoms with E-state index in [1.807, 2.05) is 48.5 Å². The summed E-state index contributed by atoms with van der Waals surface area (Å²) >= 11 is 7.65. The van der Waals surface area contributed by atoms with Gasteiger partial charge in [0, 0.05) is 10.1 Å². The molecule has 0 unspecified atom stereocenters. The molecule has 0 aliphatic heterocycles. The molecule has 34 heavy (non-hydrogen) atoms. The normalized spacial score (nSPS) is 11.0. The van der Waals surface area contributed by atoms with Gasteiger partial charge in [0.1, 0.15) is 16.4 Å². The van der Waals surface area contributed by atoms with Crippen molar-refractivity contribution in [2.75, 3.05) is 6.61 Å². The van der Waals surface area contributed by atoms with Crippen LogP contribution in [0.25, 0.3) is 10.1 Å². The number of esters is 1. The maximum atomic E-state index is 12.6. The third kappa shape index (κ3) is 5.81. The lowest BCUT2D eigenvalue weighted by molar-refractivity contribution is -0.123. The van der Waals surface area contributed by atoms with Gasteiger partial charge in [0.2, 0.25) is 0 Å². The molecule has 0 bridgehead atoms. The number of hydrogen-bond donors (Lipinski definition) is 1. The van der Waals surface area contributed by atoms with E-state index in [2.05, 4.69) is 17.5 Å². The minimum absolute atomic E-state index is 0.156. The van der Waals surface area contributed by atoms with Crippen LogP contribution in [0.5, 0.6) is 11.5 Å². The van der Waals surface area contributed by atoms with Gasteiger partial charge in [-0.1, -0.05) is 61.0 Å². The van der Waals surface area contributed by atoms with Crippen LogP contribution in [0.2, 0.25) is 5.02 Å². The first kappa shape index (κ1) is 23.5. The average Bonchev–Trinajstić information content (AvgIpc) is 3.20. The molecule has 0 aliphatic rings. The number of carbonyl (C=O) groups excluding carboxylic acids is 2. The first-order valence-electron chi connectivity index (χ1n) is 10.6. The van der Waals surface area contributed by atoms with Gasteiger partial charge in [0.25, 0.3) is 5.91 Å². The number of carbonyl (C=O) groups is 2. The Balaban J connectivity index is 1.32. The molecule has 0 spiro atoms. The number of thiophene rings is 1. The van der Waals surface area contributed by atoms with E-state index in [0.717, 1.165) is 16.5 Å². The molecule has 1 amide bonds. The first-order valence-corrected chi connectivity index (χ1v) is 11.8. The standard InChI is InChI=1S/C26H21ClN2O4S/c1-2-17-10-12-19(13-11-17)32-16-23(30)29-28-15-18-6-5-7-20(14-18)33-26(31)25-24(27)21-8-3-4-9-22(21)34-25/h3-15H,2,16H2,1H3,(H,29,30)/b28-15-. The zero-order valence-electron chi connectivity index (χ0n) is 18.3. The molecular weight excluding hydrogens is 472 g/mol. The predicted molar refractivity (Wildman–Crippen MR) is 135 cm³/mol. The number of aryl methyl sites for hydroxylation is 1. The highest BCUT2D eigenvalue weighted by Crippen LogP contribution is 2.35. The molecule has 0 saturated carbocycles. The van der Waals surface area contributed by atoms with Gasteiger partial charge in [0.15, 0.2) is 6.61 Å². The number of nitrogens with one attached hydrogen (secondary N) is 1. The zero-order valence-corrected chi connectivity index (χ0v) is 19.9. The number of hydrazone groups is 1. The lowest BCUT2D eigenvalue weighted by atomic mass is 10.2. The molecule has 4 rings (SSSR count). The number of nitrogens with zero attached hydrogens (tertiary/aromatic N) is 1. The van der Waals surface area contributed by atoms with Gasteiger partial charge in [-0.3, -0.25) is 4.79 Å². The minimum Gasteiger partial charge on any atom is -0.484 e. The van der Waals surface area contributed by atoms with Crippen molar-refractivity contribution < 1.29 is 19.1 Å². The van der Waals surface area contributed by atoms with Crippen molar-refractivity contribution in [3.8, 4) is 11.5 Å². The minimum atomic E-state index is -0.530. The van der Waals surface area contributed by atoms with Crippen LogP contribution in [0.4, 0.5) is 0 Å². The number of hydrogen-bond acceptors (Lipinski definition) is 6. The van der Waals surface area contributed by atoms with E-state index in [1.165, 1.54) is 23.1 Å². The van der Waals surface area contributed by atoms with Gasteiger partial charge in [-0.2, -0.15) is 5.10 Å². The maximum Gasteiger partial charge on any atom is 0.355 e. The van der Waals surface area contributed by atoms with Gasteiger partial charge >= 0.3 is 5.97 Å². The van der Waals surface area contributed by atoms with Crippen molar-refractivity contribution in [2.45, 2.75) is 13.3 Å². The highest BCUT2D eigenvalue weighted by Gasteiger charge is 2.19. The molecule has 6 nitrogen and oxygen atoms in total. The molecule has 1 heterocycles. The van der Waals surface area contributed by atoms with E-state index < -0.39 is 11.9 Å². The van der Waals surface area contributed by atoms with Gasteiger partial charge in [0.05, 0.1) is 11.2 Å². The average molecular weight is 493 g/mol. The highest BCUT2D eigenvalue weighted by molar-refractivity contribution is 7.21. The molecule has 8 heteroatoms. The quantitative estimate of drug-likeness (QED) is 0.144. The summed E-state index contributed by atoms with van der Waals surface area (Å²) in [5, 5.41) is 5.14. The maximum absolute atomic E-state index is 12.6. The largest absolute Gasteiger partial charge is 0.484 e. The third-order valence-electron chi connectivity index (χ3n) is 4.89. The van der Waals surface area contributed by atoms with Gasteiger partial charge in [-0.15, -0.1) is 11.3 Å². The lowest BCUT2D eigenvalue weighted by Crippen LogP contribution is -2.24. The van der Waals surface area contributed by atoms with E-state index in [9.17, 15) is 9.59 Å². The molecule has 0 saturated heterocycles. The predicted octanol–water partition coefficient (Wildman–Crippen LogP) is 5.87. The number of halogens is 1. The van der Waals surface area contributed by atoms with Crippen LogP contribution in [0.3, 0.4) is 0 Å². The van der Waals surface area contributed by atoms with Gasteiger partial charge in [-0.05, 0) is 47.9 Å². The summed E-state index contributed by atoms with van der Waals surface area (Å²) < 4.78 is 11.9. The molecule has 4 aromatic rings. The van der Waals surface area contributed by atoms with Crippen molar-refractivity contribution in [1.82, 2.24) is 5.43 Å². The third-order valence-corrected chi connectivity index (χ3v) is 6.55. The van der Waals surface area contributed by atoms with Crippen molar-refractivity contribution in [2.24, 2.45) is 5.10 Å². The second-order valence-corrected chi connectivity index (χ2v) is 8.71. The Morgan fingerprint density at radius 3 is 2.59 bits per heavy atom. The SMILES string of the molecule is CCc1ccc(OCC(=O)N/N=C\c2cccc(OC(=O)c3sc4ccccc4c3Cl)c2)cc1. The number of amides is 1. The van der Waals surface area contributed by atoms with Crippen LogP contribution >= 0.6 is 22.9 Å². The molecular formula is C26H21ClN2O4S. The van der Waals surface area contributed by atoms with Crippen molar-refractivity contribution >= 4 is 51.1 Å². The van der Waals surface area contributed by atoms with E-state index in [0.29, 0.717) is 27.0 Å². The highest BCUT2D eigenvalue weighted by atomic mass is 35.5. The Labute approximate surface area is 205 Å². The number of benzene rings is 3. The van der Waals surface area contributed by atoms with E-state index in [1.54, 1.807) is 24.3 Å². The molecule has 1 N–H and O–H groups in total. The number of ether oxygens (including phenoxy) is 2. The van der Waals surface area contributed by atoms with Gasteiger partial charge < -0.3 is 9.47 Å². The topological polar surface area (TPSA) is 77.0 Å². The number of fused-ring (bicyclic) bond motifs is 1. The summed E-state index contributed by atoms with van der Waals surface area (Å²) in [6.45, 7) is 1.92. The zero-order chi connectivity index (χ0) is 23.9. The van der Waals surface area contributed by atoms with Crippen molar-refractivity contribution in [1.29, 1.82) is 0 Å². The van der Waals surface area contributed by atoms with Crippen molar-refractivity contribution in [3.05, 3.63) is 93.8 Å². The van der Waals surface area contributed by atoms with E-state index >= 15 is 0 Å². The molecule has 172 valence electrons. The Morgan fingerprint density at radius 1 is 1.03 bits per heavy atom. The molecule has 0 radical (unpaired) electrons. The lowest BCUT2D eigenvalue weighted by Gasteiger charge is -2.06. The van der Waals surface area contributed by atoms with Crippen LogP contribution in [0, 0.1) is 0 Å². The summed E-state index contributed by atoms with van der Waals surface area (Å²) in [6.07, 6.45) is 2.40. The van der Waals surface area contributed by atoms with Gasteiger partial charge in [-0.25, -0.2) is 10.2 Å². The van der Waals surface area contributed by atoms with Crippen LogP contribution in [0.15, 0.2) is 77.9 Å². The summed E-state index contributed by atoms with van der Waals surface area (Å²) in [6, 6.07) is 21.9. The van der Waals surface area contributed by atoms with E-state index in [4.69, 9.17) is 21.1 Å². The molecule has 0 aliphatic carbocycles. The smallest absolute Gasteiger partial charge is 0.355 e. The second kappa shape index (κ2) is 11.0. The number of rotatable bonds is 8. The molecule has 0 atom stereocenters. The Kier molecular flexibility index (Phi) is 7.57. The van der Waals surface area contributed by atoms with Crippen LogP contribution in [0.1, 0.15) is 27.7 Å². The van der Waals surface area contributed by atoms with Crippen LogP contribution in [-0.2, 0) is 11.2 Å². The Morgan fingerprint density at radius 2 is 1.82 bits per heavy atom. The first-order chi connectivity index (χ1) is 16.5. The Hall–Kier alpha value is -3.68. The van der Waals surface area contributed by atoms with E-state index in [-0.39, 0.29) is 6.61 Å². The second-order valence-electron chi connectivity index (χ2n) is 7.28. The van der Waals surface area contributed by atoms with Crippen molar-refractivity contribution in [3.63, 3.8) is 0 Å². The summed E-state index contributed by atoms with van der Waals surface area (Å²) in [5.41, 5.74) is 4.25. The fraction of sp³-hybridized carbons (Fsp3) is 0.115. The fourth-order valence-electron chi connectivity index (χ4n) is 3.14. The molecule has 1 aromatic heterocycles. The summed E-state index contributed by atoms with van der Waals surface area (Å²) in [5.74, 6) is 0.0350. The van der Waals surface area contributed by atoms with Crippen LogP contribution < -0.4 is 14.9 Å². The summed E-state index contributed by atoms with van der Waals surface area (Å²) in [7, 11) is 0. The molecule has 0 fully saturated rings. The molecule has 3 aromatic carbocycles. The summed E-state index contributed by atoms with van der Waals surface area (Å²) in [4.78, 5) is 25.0. The van der Waals surface area contributed by atoms with Crippen LogP contribution in [-0.4, -0.2) is 24.7 Å². The monoisotopic (exact) mass is 492 g/mol. The Bertz CT molecular complexity index is 1350.